The highest BCUT2D eigenvalue weighted by atomic mass is 16.2. The Balaban J connectivity index is 2.01. The maximum atomic E-state index is 11.7. The van der Waals surface area contributed by atoms with Gasteiger partial charge in [-0.2, -0.15) is 10.2 Å². The Bertz CT molecular complexity index is 565. The van der Waals surface area contributed by atoms with Crippen molar-refractivity contribution in [3.8, 4) is 0 Å². The normalized spacial score (nSPS) is 9.88. The maximum absolute atomic E-state index is 11.7. The van der Waals surface area contributed by atoms with Crippen molar-refractivity contribution < 1.29 is 4.79 Å². The molecule has 0 aliphatic carbocycles. The number of nitrogens with one attached hydrogen (secondary N) is 2. The predicted octanol–water partition coefficient (Wildman–Crippen LogP) is 0.0949. The molecule has 0 fully saturated rings. The summed E-state index contributed by atoms with van der Waals surface area (Å²) < 4.78 is 0. The van der Waals surface area contributed by atoms with Gasteiger partial charge >= 0.3 is 0 Å². The molecule has 0 saturated heterocycles. The van der Waals surface area contributed by atoms with Crippen molar-refractivity contribution in [3.05, 3.63) is 58.3 Å². The molecule has 86 valence electrons. The number of nitrogens with zero attached hydrogens (tertiary/aromatic N) is 2. The molecule has 2 aromatic heterocycles. The van der Waals surface area contributed by atoms with Crippen LogP contribution in [-0.4, -0.2) is 21.1 Å². The smallest absolute Gasteiger partial charge is 0.251 e. The second-order valence-electron chi connectivity index (χ2n) is 3.34. The molecular formula is C11H10N4O2. The van der Waals surface area contributed by atoms with Crippen LogP contribution in [0, 0.1) is 0 Å². The lowest BCUT2D eigenvalue weighted by Gasteiger charge is -2.03. The van der Waals surface area contributed by atoms with Crippen LogP contribution in [0.25, 0.3) is 0 Å². The lowest BCUT2D eigenvalue weighted by molar-refractivity contribution is 0.0950. The third-order valence-corrected chi connectivity index (χ3v) is 2.09. The average Bonchev–Trinajstić information content (AvgIpc) is 2.37. The molecule has 0 spiro atoms. The fourth-order valence-electron chi connectivity index (χ4n) is 1.29. The summed E-state index contributed by atoms with van der Waals surface area (Å²) in [6.45, 7) is 0.277. The third-order valence-electron chi connectivity index (χ3n) is 2.09. The van der Waals surface area contributed by atoms with E-state index in [-0.39, 0.29) is 18.0 Å². The second kappa shape index (κ2) is 5.02. The van der Waals surface area contributed by atoms with Gasteiger partial charge in [-0.25, -0.2) is 0 Å². The first-order valence-corrected chi connectivity index (χ1v) is 4.99. The summed E-state index contributed by atoms with van der Waals surface area (Å²) in [5, 5.41) is 10.2. The Hall–Kier alpha value is -2.50. The summed E-state index contributed by atoms with van der Waals surface area (Å²) >= 11 is 0. The van der Waals surface area contributed by atoms with Crippen LogP contribution in [0.2, 0.25) is 0 Å². The Morgan fingerprint density at radius 1 is 1.41 bits per heavy atom. The Morgan fingerprint density at radius 3 is 3.00 bits per heavy atom. The van der Waals surface area contributed by atoms with E-state index in [2.05, 4.69) is 20.5 Å². The summed E-state index contributed by atoms with van der Waals surface area (Å²) in [7, 11) is 0. The summed E-state index contributed by atoms with van der Waals surface area (Å²) in [5.74, 6) is -0.318. The molecule has 6 nitrogen and oxygen atoms in total. The molecular weight excluding hydrogens is 220 g/mol. The van der Waals surface area contributed by atoms with Gasteiger partial charge in [0, 0.05) is 24.0 Å². The maximum Gasteiger partial charge on any atom is 0.251 e. The number of rotatable bonds is 3. The molecule has 0 radical (unpaired) electrons. The zero-order chi connectivity index (χ0) is 12.1. The van der Waals surface area contributed by atoms with Crippen molar-refractivity contribution >= 4 is 5.91 Å². The van der Waals surface area contributed by atoms with Crippen molar-refractivity contribution in [2.75, 3.05) is 0 Å². The third kappa shape index (κ3) is 2.97. The number of hydrogen-bond acceptors (Lipinski definition) is 4. The standard InChI is InChI=1S/C11H10N4O2/c16-10-6-8(3-5-12-10)11(17)13-7-9-2-1-4-14-15-9/h1-6H,7H2,(H,12,16)(H,13,17). The van der Waals surface area contributed by atoms with Crippen molar-refractivity contribution in [3.63, 3.8) is 0 Å². The first-order valence-electron chi connectivity index (χ1n) is 4.99. The van der Waals surface area contributed by atoms with Gasteiger partial charge in [-0.3, -0.25) is 9.59 Å². The number of pyridine rings is 1. The van der Waals surface area contributed by atoms with Crippen molar-refractivity contribution in [2.45, 2.75) is 6.54 Å². The summed E-state index contributed by atoms with van der Waals surface area (Å²) in [6, 6.07) is 6.27. The highest BCUT2D eigenvalue weighted by molar-refractivity contribution is 5.93. The number of H-pyrrole nitrogens is 1. The topological polar surface area (TPSA) is 87.7 Å². The molecule has 2 heterocycles. The van der Waals surface area contributed by atoms with Crippen LogP contribution in [0.4, 0.5) is 0 Å². The van der Waals surface area contributed by atoms with Crippen LogP contribution in [-0.2, 0) is 6.54 Å². The number of carbonyl (C=O) groups is 1. The van der Waals surface area contributed by atoms with Gasteiger partial charge in [0.05, 0.1) is 12.2 Å². The van der Waals surface area contributed by atoms with Crippen LogP contribution in [0.5, 0.6) is 0 Å². The minimum Gasteiger partial charge on any atom is -0.346 e. The molecule has 0 atom stereocenters. The molecule has 0 aliphatic rings. The fraction of sp³-hybridized carbons (Fsp3) is 0.0909. The Labute approximate surface area is 96.7 Å². The minimum atomic E-state index is -0.318. The van der Waals surface area contributed by atoms with Crippen LogP contribution < -0.4 is 10.9 Å². The van der Waals surface area contributed by atoms with E-state index in [0.29, 0.717) is 11.3 Å². The van der Waals surface area contributed by atoms with Crippen molar-refractivity contribution in [1.29, 1.82) is 0 Å². The van der Waals surface area contributed by atoms with E-state index in [4.69, 9.17) is 0 Å². The number of aromatic nitrogens is 3. The average molecular weight is 230 g/mol. The molecule has 1 amide bonds. The highest BCUT2D eigenvalue weighted by Gasteiger charge is 2.05. The monoisotopic (exact) mass is 230 g/mol. The SMILES string of the molecule is O=C(NCc1cccnn1)c1cc[nH]c(=O)c1. The molecule has 2 rings (SSSR count). The lowest BCUT2D eigenvalue weighted by Crippen LogP contribution is -2.24. The molecule has 17 heavy (non-hydrogen) atoms. The van der Waals surface area contributed by atoms with Crippen molar-refractivity contribution in [2.24, 2.45) is 0 Å². The fourth-order valence-corrected chi connectivity index (χ4v) is 1.29. The van der Waals surface area contributed by atoms with Gasteiger partial charge < -0.3 is 10.3 Å². The molecule has 6 heteroatoms. The van der Waals surface area contributed by atoms with Crippen LogP contribution >= 0.6 is 0 Å². The molecule has 0 saturated carbocycles. The summed E-state index contributed by atoms with van der Waals surface area (Å²) in [4.78, 5) is 25.1. The Morgan fingerprint density at radius 2 is 2.29 bits per heavy atom. The summed E-state index contributed by atoms with van der Waals surface area (Å²) in [6.07, 6.45) is 2.99. The largest absolute Gasteiger partial charge is 0.346 e. The second-order valence-corrected chi connectivity index (χ2v) is 3.34. The first-order chi connectivity index (χ1) is 8.25. The summed E-state index contributed by atoms with van der Waals surface area (Å²) in [5.41, 5.74) is 0.667. The molecule has 0 aliphatic heterocycles. The van der Waals surface area contributed by atoms with E-state index >= 15 is 0 Å². The zero-order valence-corrected chi connectivity index (χ0v) is 8.88. The van der Waals surface area contributed by atoms with E-state index in [1.807, 2.05) is 0 Å². The number of carbonyl (C=O) groups excluding carboxylic acids is 1. The van der Waals surface area contributed by atoms with Crippen molar-refractivity contribution in [1.82, 2.24) is 20.5 Å². The van der Waals surface area contributed by atoms with Gasteiger partial charge in [0.2, 0.25) is 5.56 Å². The van der Waals surface area contributed by atoms with E-state index in [0.717, 1.165) is 0 Å². The lowest BCUT2D eigenvalue weighted by atomic mass is 10.2. The van der Waals surface area contributed by atoms with Gasteiger partial charge in [0.1, 0.15) is 0 Å². The van der Waals surface area contributed by atoms with Gasteiger partial charge in [0.15, 0.2) is 0 Å². The van der Waals surface area contributed by atoms with Crippen LogP contribution in [0.15, 0.2) is 41.5 Å². The molecule has 2 aromatic rings. The molecule has 0 bridgehead atoms. The molecule has 2 N–H and O–H groups in total. The van der Waals surface area contributed by atoms with Gasteiger partial charge in [-0.15, -0.1) is 0 Å². The van der Waals surface area contributed by atoms with Gasteiger partial charge in [0.25, 0.3) is 5.91 Å². The number of aromatic amines is 1. The number of amides is 1. The quantitative estimate of drug-likeness (QED) is 0.782. The van der Waals surface area contributed by atoms with Gasteiger partial charge in [-0.05, 0) is 18.2 Å². The number of hydrogen-bond donors (Lipinski definition) is 2. The first kappa shape index (κ1) is 11.0. The highest BCUT2D eigenvalue weighted by Crippen LogP contribution is 1.95. The van der Waals surface area contributed by atoms with E-state index < -0.39 is 0 Å². The van der Waals surface area contributed by atoms with Crippen LogP contribution in [0.3, 0.4) is 0 Å². The molecule has 0 unspecified atom stereocenters. The zero-order valence-electron chi connectivity index (χ0n) is 8.88. The van der Waals surface area contributed by atoms with E-state index in [1.54, 1.807) is 18.3 Å². The molecule has 0 aromatic carbocycles. The predicted molar refractivity (Wildman–Crippen MR) is 60.3 cm³/mol. The van der Waals surface area contributed by atoms with E-state index in [1.165, 1.54) is 18.3 Å². The van der Waals surface area contributed by atoms with Crippen LogP contribution in [0.1, 0.15) is 16.1 Å². The van der Waals surface area contributed by atoms with E-state index in [9.17, 15) is 9.59 Å². The minimum absolute atomic E-state index is 0.277. The van der Waals surface area contributed by atoms with Gasteiger partial charge in [-0.1, -0.05) is 0 Å². The Kier molecular flexibility index (Phi) is 3.25.